The first-order chi connectivity index (χ1) is 8.15. The van der Waals surface area contributed by atoms with E-state index in [1.54, 1.807) is 0 Å². The van der Waals surface area contributed by atoms with Crippen LogP contribution in [0.1, 0.15) is 12.5 Å². The second kappa shape index (κ2) is 7.64. The monoisotopic (exact) mass is 296 g/mol. The SMILES string of the molecule is C=CCNCC(C)N(C)Cc1ccccc1Br. The molecule has 0 bridgehead atoms. The Morgan fingerprint density at radius 3 is 2.82 bits per heavy atom. The highest BCUT2D eigenvalue weighted by molar-refractivity contribution is 9.10. The quantitative estimate of drug-likeness (QED) is 0.615. The summed E-state index contributed by atoms with van der Waals surface area (Å²) in [6.07, 6.45) is 1.89. The van der Waals surface area contributed by atoms with E-state index in [9.17, 15) is 0 Å². The van der Waals surface area contributed by atoms with Gasteiger partial charge in [-0.25, -0.2) is 0 Å². The summed E-state index contributed by atoms with van der Waals surface area (Å²) in [6.45, 7) is 8.73. The van der Waals surface area contributed by atoms with Gasteiger partial charge >= 0.3 is 0 Å². The zero-order valence-corrected chi connectivity index (χ0v) is 12.2. The second-order valence-corrected chi connectivity index (χ2v) is 5.16. The lowest BCUT2D eigenvalue weighted by atomic mass is 10.2. The van der Waals surface area contributed by atoms with E-state index >= 15 is 0 Å². The molecule has 0 saturated carbocycles. The van der Waals surface area contributed by atoms with Gasteiger partial charge in [-0.3, -0.25) is 4.90 Å². The largest absolute Gasteiger partial charge is 0.312 e. The summed E-state index contributed by atoms with van der Waals surface area (Å²) in [4.78, 5) is 2.34. The number of benzene rings is 1. The minimum absolute atomic E-state index is 0.502. The van der Waals surface area contributed by atoms with Gasteiger partial charge in [0.2, 0.25) is 0 Å². The van der Waals surface area contributed by atoms with Crippen LogP contribution in [-0.4, -0.2) is 31.1 Å². The first kappa shape index (κ1) is 14.4. The average Bonchev–Trinajstić information content (AvgIpc) is 2.32. The predicted molar refractivity (Wildman–Crippen MR) is 78.1 cm³/mol. The fourth-order valence-corrected chi connectivity index (χ4v) is 2.01. The van der Waals surface area contributed by atoms with Crippen molar-refractivity contribution in [1.29, 1.82) is 0 Å². The van der Waals surface area contributed by atoms with Crippen LogP contribution in [0.25, 0.3) is 0 Å². The van der Waals surface area contributed by atoms with Gasteiger partial charge in [0.15, 0.2) is 0 Å². The maximum absolute atomic E-state index is 3.70. The lowest BCUT2D eigenvalue weighted by Gasteiger charge is -2.25. The van der Waals surface area contributed by atoms with Gasteiger partial charge in [0, 0.05) is 30.1 Å². The standard InChI is InChI=1S/C14H21BrN2/c1-4-9-16-10-12(2)17(3)11-13-7-5-6-8-14(13)15/h4-8,12,16H,1,9-11H2,2-3H3. The van der Waals surface area contributed by atoms with Crippen molar-refractivity contribution in [3.63, 3.8) is 0 Å². The molecule has 3 heteroatoms. The normalized spacial score (nSPS) is 12.7. The van der Waals surface area contributed by atoms with Crippen LogP contribution in [0, 0.1) is 0 Å². The Kier molecular flexibility index (Phi) is 6.48. The Labute approximate surface area is 113 Å². The first-order valence-electron chi connectivity index (χ1n) is 5.90. The summed E-state index contributed by atoms with van der Waals surface area (Å²) in [7, 11) is 2.15. The molecule has 0 heterocycles. The van der Waals surface area contributed by atoms with Crippen LogP contribution in [0.3, 0.4) is 0 Å². The van der Waals surface area contributed by atoms with Gasteiger partial charge in [-0.2, -0.15) is 0 Å². The highest BCUT2D eigenvalue weighted by atomic mass is 79.9. The number of likely N-dealkylation sites (N-methyl/N-ethyl adjacent to an activating group) is 1. The second-order valence-electron chi connectivity index (χ2n) is 4.30. The van der Waals surface area contributed by atoms with Crippen LogP contribution in [-0.2, 0) is 6.54 Å². The molecular formula is C14H21BrN2. The maximum Gasteiger partial charge on any atom is 0.0245 e. The Hall–Kier alpha value is -0.640. The zero-order valence-electron chi connectivity index (χ0n) is 10.6. The molecule has 0 aliphatic carbocycles. The van der Waals surface area contributed by atoms with E-state index in [0.29, 0.717) is 6.04 Å². The molecule has 1 N–H and O–H groups in total. The van der Waals surface area contributed by atoms with Crippen molar-refractivity contribution in [1.82, 2.24) is 10.2 Å². The third kappa shape index (κ3) is 5.02. The molecule has 17 heavy (non-hydrogen) atoms. The summed E-state index contributed by atoms with van der Waals surface area (Å²) in [5.74, 6) is 0. The van der Waals surface area contributed by atoms with Crippen molar-refractivity contribution >= 4 is 15.9 Å². The van der Waals surface area contributed by atoms with E-state index in [-0.39, 0.29) is 0 Å². The van der Waals surface area contributed by atoms with Gasteiger partial charge in [-0.15, -0.1) is 6.58 Å². The van der Waals surface area contributed by atoms with Gasteiger partial charge in [0.1, 0.15) is 0 Å². The van der Waals surface area contributed by atoms with Crippen molar-refractivity contribution in [2.75, 3.05) is 20.1 Å². The molecule has 1 atom stereocenters. The Bertz CT molecular complexity index is 352. The summed E-state index contributed by atoms with van der Waals surface area (Å²) in [6, 6.07) is 8.87. The van der Waals surface area contributed by atoms with Crippen molar-refractivity contribution in [2.45, 2.75) is 19.5 Å². The van der Waals surface area contributed by atoms with E-state index in [2.05, 4.69) is 64.9 Å². The number of halogens is 1. The van der Waals surface area contributed by atoms with Crippen molar-refractivity contribution < 1.29 is 0 Å². The molecule has 94 valence electrons. The summed E-state index contributed by atoms with van der Waals surface area (Å²) >= 11 is 3.58. The number of rotatable bonds is 7. The van der Waals surface area contributed by atoms with Crippen LogP contribution >= 0.6 is 15.9 Å². The van der Waals surface area contributed by atoms with E-state index in [1.165, 1.54) is 10.0 Å². The number of nitrogens with one attached hydrogen (secondary N) is 1. The first-order valence-corrected chi connectivity index (χ1v) is 6.69. The molecule has 0 aliphatic rings. The molecule has 2 nitrogen and oxygen atoms in total. The topological polar surface area (TPSA) is 15.3 Å². The van der Waals surface area contributed by atoms with E-state index in [4.69, 9.17) is 0 Å². The average molecular weight is 297 g/mol. The Balaban J connectivity index is 2.45. The van der Waals surface area contributed by atoms with Gasteiger partial charge in [0.25, 0.3) is 0 Å². The third-order valence-corrected chi connectivity index (χ3v) is 3.63. The number of nitrogens with zero attached hydrogens (tertiary/aromatic N) is 1. The smallest absolute Gasteiger partial charge is 0.0245 e. The van der Waals surface area contributed by atoms with Gasteiger partial charge < -0.3 is 5.32 Å². The van der Waals surface area contributed by atoms with Gasteiger partial charge in [0.05, 0.1) is 0 Å². The summed E-state index contributed by atoms with van der Waals surface area (Å²) in [5, 5.41) is 3.34. The Morgan fingerprint density at radius 1 is 1.47 bits per heavy atom. The molecule has 0 aliphatic heterocycles. The van der Waals surface area contributed by atoms with E-state index in [1.807, 2.05) is 12.1 Å². The molecular weight excluding hydrogens is 276 g/mol. The van der Waals surface area contributed by atoms with Crippen molar-refractivity contribution in [2.24, 2.45) is 0 Å². The highest BCUT2D eigenvalue weighted by Crippen LogP contribution is 2.17. The molecule has 1 unspecified atom stereocenters. The Morgan fingerprint density at radius 2 is 2.18 bits per heavy atom. The fourth-order valence-electron chi connectivity index (χ4n) is 1.60. The minimum atomic E-state index is 0.502. The zero-order chi connectivity index (χ0) is 12.7. The molecule has 0 fully saturated rings. The predicted octanol–water partition coefficient (Wildman–Crippen LogP) is 3.05. The van der Waals surface area contributed by atoms with E-state index in [0.717, 1.165) is 19.6 Å². The lowest BCUT2D eigenvalue weighted by molar-refractivity contribution is 0.244. The van der Waals surface area contributed by atoms with Crippen molar-refractivity contribution in [3.05, 3.63) is 47.0 Å². The summed E-state index contributed by atoms with van der Waals surface area (Å²) < 4.78 is 1.18. The van der Waals surface area contributed by atoms with Crippen LogP contribution in [0.4, 0.5) is 0 Å². The number of hydrogen-bond donors (Lipinski definition) is 1. The maximum atomic E-state index is 3.70. The van der Waals surface area contributed by atoms with Crippen LogP contribution in [0.15, 0.2) is 41.4 Å². The third-order valence-electron chi connectivity index (χ3n) is 2.86. The molecule has 1 aromatic carbocycles. The molecule has 0 aromatic heterocycles. The highest BCUT2D eigenvalue weighted by Gasteiger charge is 2.10. The molecule has 0 amide bonds. The van der Waals surface area contributed by atoms with Crippen molar-refractivity contribution in [3.8, 4) is 0 Å². The van der Waals surface area contributed by atoms with Gasteiger partial charge in [-0.05, 0) is 25.6 Å². The molecule has 0 radical (unpaired) electrons. The molecule has 1 rings (SSSR count). The van der Waals surface area contributed by atoms with E-state index < -0.39 is 0 Å². The number of hydrogen-bond acceptors (Lipinski definition) is 2. The minimum Gasteiger partial charge on any atom is -0.312 e. The molecule has 0 saturated heterocycles. The fraction of sp³-hybridized carbons (Fsp3) is 0.429. The molecule has 1 aromatic rings. The van der Waals surface area contributed by atoms with Crippen LogP contribution in [0.5, 0.6) is 0 Å². The molecule has 0 spiro atoms. The lowest BCUT2D eigenvalue weighted by Crippen LogP contribution is -2.37. The summed E-state index contributed by atoms with van der Waals surface area (Å²) in [5.41, 5.74) is 1.32. The van der Waals surface area contributed by atoms with Crippen LogP contribution in [0.2, 0.25) is 0 Å². The van der Waals surface area contributed by atoms with Crippen LogP contribution < -0.4 is 5.32 Å². The van der Waals surface area contributed by atoms with Gasteiger partial charge in [-0.1, -0.05) is 40.2 Å².